The molecule has 0 spiro atoms. The molecule has 3 heterocycles. The van der Waals surface area contributed by atoms with Crippen LogP contribution >= 0.6 is 22.7 Å². The molecule has 1 aromatic carbocycles. The van der Waals surface area contributed by atoms with E-state index in [0.29, 0.717) is 10.9 Å². The predicted molar refractivity (Wildman–Crippen MR) is 109 cm³/mol. The number of nitrogens with zero attached hydrogens (tertiary/aromatic N) is 2. The van der Waals surface area contributed by atoms with Crippen molar-refractivity contribution in [1.82, 2.24) is 9.97 Å². The smallest absolute Gasteiger partial charge is 0.232 e. The van der Waals surface area contributed by atoms with Gasteiger partial charge in [-0.25, -0.2) is 9.97 Å². The Bertz CT molecular complexity index is 1030. The van der Waals surface area contributed by atoms with Gasteiger partial charge in [-0.15, -0.1) is 22.7 Å². The number of nitrogens with one attached hydrogen (secondary N) is 1. The molecule has 27 heavy (non-hydrogen) atoms. The van der Waals surface area contributed by atoms with E-state index in [1.165, 1.54) is 28.2 Å². The van der Waals surface area contributed by atoms with Crippen LogP contribution in [0.5, 0.6) is 0 Å². The first-order chi connectivity index (χ1) is 13.2. The maximum Gasteiger partial charge on any atom is 0.232 e. The number of amides is 1. The van der Waals surface area contributed by atoms with Gasteiger partial charge < -0.3 is 9.73 Å². The van der Waals surface area contributed by atoms with Crippen molar-refractivity contribution in [2.75, 3.05) is 5.32 Å². The zero-order chi connectivity index (χ0) is 18.6. The highest BCUT2D eigenvalue weighted by molar-refractivity contribution is 7.14. The Morgan fingerprint density at radius 2 is 1.96 bits per heavy atom. The standard InChI is InChI=1S/C20H17N3O2S2/c1-2-13-5-7-14(8-6-13)16-12-27-20(22-16)23-18(24)10-15-11-26-19(21-15)17-4-3-9-25-17/h3-9,11-12H,2,10H2,1H3,(H,22,23,24). The van der Waals surface area contributed by atoms with Crippen LogP contribution in [0.4, 0.5) is 5.13 Å². The van der Waals surface area contributed by atoms with E-state index in [2.05, 4.69) is 46.5 Å². The maximum absolute atomic E-state index is 12.3. The summed E-state index contributed by atoms with van der Waals surface area (Å²) in [6.07, 6.45) is 2.83. The molecule has 1 amide bonds. The topological polar surface area (TPSA) is 68.0 Å². The Hall–Kier alpha value is -2.77. The first kappa shape index (κ1) is 17.6. The van der Waals surface area contributed by atoms with Gasteiger partial charge in [-0.05, 0) is 24.1 Å². The summed E-state index contributed by atoms with van der Waals surface area (Å²) in [6.45, 7) is 2.13. The van der Waals surface area contributed by atoms with Crippen LogP contribution in [0.15, 0.2) is 57.8 Å². The third-order valence-corrected chi connectivity index (χ3v) is 5.70. The number of hydrogen-bond donors (Lipinski definition) is 1. The van der Waals surface area contributed by atoms with E-state index in [9.17, 15) is 4.79 Å². The number of aromatic nitrogens is 2. The van der Waals surface area contributed by atoms with E-state index in [1.54, 1.807) is 6.26 Å². The summed E-state index contributed by atoms with van der Waals surface area (Å²) in [5.41, 5.74) is 3.92. The third kappa shape index (κ3) is 4.15. The van der Waals surface area contributed by atoms with E-state index >= 15 is 0 Å². The fourth-order valence-electron chi connectivity index (χ4n) is 2.60. The molecule has 4 rings (SSSR count). The van der Waals surface area contributed by atoms with Gasteiger partial charge >= 0.3 is 0 Å². The van der Waals surface area contributed by atoms with Crippen LogP contribution in [0.1, 0.15) is 18.2 Å². The van der Waals surface area contributed by atoms with Crippen molar-refractivity contribution < 1.29 is 9.21 Å². The molecule has 0 bridgehead atoms. The number of benzene rings is 1. The molecule has 4 aromatic rings. The van der Waals surface area contributed by atoms with Crippen molar-refractivity contribution in [1.29, 1.82) is 0 Å². The van der Waals surface area contributed by atoms with Crippen LogP contribution in [0.2, 0.25) is 0 Å². The predicted octanol–water partition coefficient (Wildman–Crippen LogP) is 5.27. The first-order valence-corrected chi connectivity index (χ1v) is 10.3. The van der Waals surface area contributed by atoms with E-state index in [0.717, 1.165) is 28.4 Å². The van der Waals surface area contributed by atoms with Gasteiger partial charge in [-0.2, -0.15) is 0 Å². The zero-order valence-corrected chi connectivity index (χ0v) is 16.3. The summed E-state index contributed by atoms with van der Waals surface area (Å²) < 4.78 is 5.33. The number of furan rings is 1. The minimum Gasteiger partial charge on any atom is -0.462 e. The van der Waals surface area contributed by atoms with Crippen LogP contribution in [-0.4, -0.2) is 15.9 Å². The van der Waals surface area contributed by atoms with E-state index < -0.39 is 0 Å². The molecule has 0 radical (unpaired) electrons. The number of hydrogen-bond acceptors (Lipinski definition) is 6. The molecule has 136 valence electrons. The largest absolute Gasteiger partial charge is 0.462 e. The normalized spacial score (nSPS) is 10.9. The molecular formula is C20H17N3O2S2. The van der Waals surface area contributed by atoms with Gasteiger partial charge in [-0.1, -0.05) is 31.2 Å². The molecule has 1 N–H and O–H groups in total. The summed E-state index contributed by atoms with van der Waals surface area (Å²) in [4.78, 5) is 21.3. The molecular weight excluding hydrogens is 378 g/mol. The van der Waals surface area contributed by atoms with Crippen molar-refractivity contribution in [3.63, 3.8) is 0 Å². The average molecular weight is 396 g/mol. The highest BCUT2D eigenvalue weighted by Crippen LogP contribution is 2.26. The second-order valence-electron chi connectivity index (χ2n) is 5.93. The lowest BCUT2D eigenvalue weighted by molar-refractivity contribution is -0.115. The van der Waals surface area contributed by atoms with Crippen LogP contribution in [-0.2, 0) is 17.6 Å². The highest BCUT2D eigenvalue weighted by Gasteiger charge is 2.12. The fourth-order valence-corrected chi connectivity index (χ4v) is 4.13. The first-order valence-electron chi connectivity index (χ1n) is 8.54. The van der Waals surface area contributed by atoms with Crippen LogP contribution in [0, 0.1) is 0 Å². The average Bonchev–Trinajstić information content (AvgIpc) is 3.43. The van der Waals surface area contributed by atoms with Gasteiger partial charge in [0.2, 0.25) is 5.91 Å². The summed E-state index contributed by atoms with van der Waals surface area (Å²) in [7, 11) is 0. The van der Waals surface area contributed by atoms with Crippen molar-refractivity contribution in [3.05, 3.63) is 64.7 Å². The molecule has 0 saturated heterocycles. The quantitative estimate of drug-likeness (QED) is 0.483. The second kappa shape index (κ2) is 7.85. The lowest BCUT2D eigenvalue weighted by Crippen LogP contribution is -2.14. The number of rotatable bonds is 6. The molecule has 0 aliphatic rings. The van der Waals surface area contributed by atoms with Gasteiger partial charge in [0.1, 0.15) is 0 Å². The Kier molecular flexibility index (Phi) is 5.13. The third-order valence-electron chi connectivity index (χ3n) is 4.03. The van der Waals surface area contributed by atoms with Gasteiger partial charge in [0.15, 0.2) is 15.9 Å². The molecule has 0 aliphatic carbocycles. The van der Waals surface area contributed by atoms with Crippen molar-refractivity contribution in [2.45, 2.75) is 19.8 Å². The number of anilines is 1. The number of aryl methyl sites for hydroxylation is 1. The minimum atomic E-state index is -0.131. The molecule has 7 heteroatoms. The summed E-state index contributed by atoms with van der Waals surface area (Å²) in [6, 6.07) is 12.0. The maximum atomic E-state index is 12.3. The van der Waals surface area contributed by atoms with Crippen LogP contribution < -0.4 is 5.32 Å². The second-order valence-corrected chi connectivity index (χ2v) is 7.65. The van der Waals surface area contributed by atoms with Gasteiger partial charge in [0.05, 0.1) is 24.1 Å². The molecule has 0 unspecified atom stereocenters. The zero-order valence-electron chi connectivity index (χ0n) is 14.6. The Morgan fingerprint density at radius 1 is 1.11 bits per heavy atom. The van der Waals surface area contributed by atoms with E-state index in [1.807, 2.05) is 22.9 Å². The lowest BCUT2D eigenvalue weighted by Gasteiger charge is -2.00. The van der Waals surface area contributed by atoms with Crippen molar-refractivity contribution >= 4 is 33.7 Å². The SMILES string of the molecule is CCc1ccc(-c2csc(NC(=O)Cc3csc(-c4ccco4)n3)n2)cc1. The summed E-state index contributed by atoms with van der Waals surface area (Å²) in [5.74, 6) is 0.582. The lowest BCUT2D eigenvalue weighted by atomic mass is 10.1. The monoisotopic (exact) mass is 395 g/mol. The molecule has 0 saturated carbocycles. The van der Waals surface area contributed by atoms with Crippen LogP contribution in [0.3, 0.4) is 0 Å². The Labute approximate surface area is 164 Å². The van der Waals surface area contributed by atoms with Gasteiger partial charge in [0, 0.05) is 16.3 Å². The number of carbonyl (C=O) groups excluding carboxylic acids is 1. The Balaban J connectivity index is 1.39. The van der Waals surface area contributed by atoms with Crippen molar-refractivity contribution in [3.8, 4) is 22.0 Å². The van der Waals surface area contributed by atoms with Gasteiger partial charge in [-0.3, -0.25) is 4.79 Å². The minimum absolute atomic E-state index is 0.131. The molecule has 0 atom stereocenters. The van der Waals surface area contributed by atoms with Gasteiger partial charge in [0.25, 0.3) is 0 Å². The molecule has 3 aromatic heterocycles. The van der Waals surface area contributed by atoms with Crippen molar-refractivity contribution in [2.24, 2.45) is 0 Å². The summed E-state index contributed by atoms with van der Waals surface area (Å²) >= 11 is 2.88. The fraction of sp³-hybridized carbons (Fsp3) is 0.150. The number of carbonyl (C=O) groups is 1. The van der Waals surface area contributed by atoms with E-state index in [4.69, 9.17) is 4.42 Å². The Morgan fingerprint density at radius 3 is 2.70 bits per heavy atom. The molecule has 5 nitrogen and oxygen atoms in total. The highest BCUT2D eigenvalue weighted by atomic mass is 32.1. The van der Waals surface area contributed by atoms with Crippen LogP contribution in [0.25, 0.3) is 22.0 Å². The molecule has 0 fully saturated rings. The molecule has 0 aliphatic heterocycles. The number of thiazole rings is 2. The summed E-state index contributed by atoms with van der Waals surface area (Å²) in [5, 5.41) is 8.05. The van der Waals surface area contributed by atoms with E-state index in [-0.39, 0.29) is 12.3 Å².